The van der Waals surface area contributed by atoms with Crippen LogP contribution in [0.2, 0.25) is 0 Å². The van der Waals surface area contributed by atoms with Gasteiger partial charge in [0.25, 0.3) is 0 Å². The standard InChI is InChI=1S/C17H26N4OS/c1-21(2)16(22)13-20-17(19-12-14-8-9-14)18-10-11-23-15-6-4-3-5-7-15/h3-7,14H,8-13H2,1-2H3,(H2,18,19,20). The van der Waals surface area contributed by atoms with Crippen molar-refractivity contribution >= 4 is 23.6 Å². The van der Waals surface area contributed by atoms with E-state index in [4.69, 9.17) is 0 Å². The van der Waals surface area contributed by atoms with Crippen LogP contribution in [0.15, 0.2) is 40.2 Å². The van der Waals surface area contributed by atoms with Gasteiger partial charge in [0.1, 0.15) is 6.54 Å². The quantitative estimate of drug-likeness (QED) is 0.329. The van der Waals surface area contributed by atoms with Crippen LogP contribution in [0.3, 0.4) is 0 Å². The first-order chi connectivity index (χ1) is 11.1. The number of benzene rings is 1. The number of thioether (sulfide) groups is 1. The van der Waals surface area contributed by atoms with Gasteiger partial charge in [-0.25, -0.2) is 4.99 Å². The van der Waals surface area contributed by atoms with Gasteiger partial charge in [0, 0.05) is 37.8 Å². The van der Waals surface area contributed by atoms with Crippen molar-refractivity contribution in [2.45, 2.75) is 17.7 Å². The van der Waals surface area contributed by atoms with Crippen molar-refractivity contribution in [3.05, 3.63) is 30.3 Å². The van der Waals surface area contributed by atoms with E-state index in [-0.39, 0.29) is 12.5 Å². The first-order valence-electron chi connectivity index (χ1n) is 8.05. The zero-order valence-electron chi connectivity index (χ0n) is 13.9. The van der Waals surface area contributed by atoms with Crippen molar-refractivity contribution in [3.8, 4) is 0 Å². The molecule has 0 unspecified atom stereocenters. The molecule has 5 nitrogen and oxygen atoms in total. The summed E-state index contributed by atoms with van der Waals surface area (Å²) in [6.07, 6.45) is 2.58. The minimum atomic E-state index is 0.0104. The van der Waals surface area contributed by atoms with Crippen molar-refractivity contribution in [2.24, 2.45) is 10.9 Å². The van der Waals surface area contributed by atoms with E-state index in [1.807, 2.05) is 30.0 Å². The Kier molecular flexibility index (Phi) is 7.26. The molecule has 0 radical (unpaired) electrons. The Bertz CT molecular complexity index is 515. The highest BCUT2D eigenvalue weighted by molar-refractivity contribution is 7.99. The third kappa shape index (κ3) is 7.41. The van der Waals surface area contributed by atoms with Crippen LogP contribution in [0.4, 0.5) is 0 Å². The molecular formula is C17H26N4OS. The first-order valence-corrected chi connectivity index (χ1v) is 9.04. The van der Waals surface area contributed by atoms with Gasteiger partial charge in [0.05, 0.1) is 0 Å². The van der Waals surface area contributed by atoms with E-state index in [2.05, 4.69) is 27.8 Å². The van der Waals surface area contributed by atoms with Gasteiger partial charge in [-0.1, -0.05) is 18.2 Å². The number of hydrogen-bond acceptors (Lipinski definition) is 3. The van der Waals surface area contributed by atoms with Crippen LogP contribution in [0.5, 0.6) is 0 Å². The maximum Gasteiger partial charge on any atom is 0.243 e. The molecule has 1 aliphatic rings. The lowest BCUT2D eigenvalue weighted by Crippen LogP contribution is -2.40. The highest BCUT2D eigenvalue weighted by Crippen LogP contribution is 2.27. The highest BCUT2D eigenvalue weighted by atomic mass is 32.2. The second kappa shape index (κ2) is 9.45. The molecule has 1 aliphatic carbocycles. The van der Waals surface area contributed by atoms with Crippen molar-refractivity contribution in [1.82, 2.24) is 15.5 Å². The molecule has 0 saturated heterocycles. The number of nitrogens with one attached hydrogen (secondary N) is 2. The van der Waals surface area contributed by atoms with Gasteiger partial charge in [-0.05, 0) is 30.9 Å². The molecule has 0 aromatic heterocycles. The predicted molar refractivity (Wildman–Crippen MR) is 96.9 cm³/mol. The molecule has 0 bridgehead atoms. The second-order valence-corrected chi connectivity index (χ2v) is 7.03. The number of rotatable bonds is 8. The van der Waals surface area contributed by atoms with Gasteiger partial charge in [-0.3, -0.25) is 4.79 Å². The Balaban J connectivity index is 1.74. The second-order valence-electron chi connectivity index (χ2n) is 5.87. The van der Waals surface area contributed by atoms with Crippen LogP contribution in [-0.4, -0.2) is 56.2 Å². The monoisotopic (exact) mass is 334 g/mol. The van der Waals surface area contributed by atoms with Crippen LogP contribution in [0.1, 0.15) is 12.8 Å². The molecule has 0 aliphatic heterocycles. The first kappa shape index (κ1) is 17.7. The topological polar surface area (TPSA) is 56.7 Å². The Morgan fingerprint density at radius 3 is 2.65 bits per heavy atom. The summed E-state index contributed by atoms with van der Waals surface area (Å²) >= 11 is 1.81. The van der Waals surface area contributed by atoms with Gasteiger partial charge in [-0.15, -0.1) is 11.8 Å². The molecule has 0 spiro atoms. The lowest BCUT2D eigenvalue weighted by atomic mass is 10.4. The lowest BCUT2D eigenvalue weighted by Gasteiger charge is -2.13. The van der Waals surface area contributed by atoms with E-state index in [0.717, 1.165) is 30.7 Å². The molecule has 6 heteroatoms. The molecule has 126 valence electrons. The van der Waals surface area contributed by atoms with Crippen LogP contribution >= 0.6 is 11.8 Å². The molecule has 1 fully saturated rings. The minimum absolute atomic E-state index is 0.0104. The maximum absolute atomic E-state index is 11.7. The number of nitrogens with zero attached hydrogens (tertiary/aromatic N) is 2. The summed E-state index contributed by atoms with van der Waals surface area (Å²) in [5, 5.41) is 6.65. The van der Waals surface area contributed by atoms with Gasteiger partial charge in [0.15, 0.2) is 5.96 Å². The van der Waals surface area contributed by atoms with Gasteiger partial charge < -0.3 is 15.5 Å². The summed E-state index contributed by atoms with van der Waals surface area (Å²) in [5.74, 6) is 2.47. The van der Waals surface area contributed by atoms with Crippen LogP contribution in [-0.2, 0) is 4.79 Å². The Morgan fingerprint density at radius 1 is 1.26 bits per heavy atom. The van der Waals surface area contributed by atoms with E-state index in [1.54, 1.807) is 19.0 Å². The molecule has 0 heterocycles. The summed E-state index contributed by atoms with van der Waals surface area (Å²) < 4.78 is 0. The Morgan fingerprint density at radius 2 is 2.00 bits per heavy atom. The van der Waals surface area contributed by atoms with Crippen molar-refractivity contribution < 1.29 is 4.79 Å². The molecule has 1 aromatic rings. The van der Waals surface area contributed by atoms with Crippen LogP contribution in [0.25, 0.3) is 0 Å². The SMILES string of the molecule is CN(C)C(=O)CN=C(NCCSc1ccccc1)NCC1CC1. The molecule has 0 atom stereocenters. The fourth-order valence-electron chi connectivity index (χ4n) is 1.88. The number of likely N-dealkylation sites (N-methyl/N-ethyl adjacent to an activating group) is 1. The van der Waals surface area contributed by atoms with E-state index in [1.165, 1.54) is 17.7 Å². The van der Waals surface area contributed by atoms with Gasteiger partial charge >= 0.3 is 0 Å². The summed E-state index contributed by atoms with van der Waals surface area (Å²) in [6, 6.07) is 10.3. The lowest BCUT2D eigenvalue weighted by molar-refractivity contribution is -0.127. The third-order valence-electron chi connectivity index (χ3n) is 3.53. The average molecular weight is 334 g/mol. The van der Waals surface area contributed by atoms with Crippen molar-refractivity contribution in [1.29, 1.82) is 0 Å². The molecule has 1 saturated carbocycles. The predicted octanol–water partition coefficient (Wildman–Crippen LogP) is 1.81. The number of carbonyl (C=O) groups is 1. The smallest absolute Gasteiger partial charge is 0.243 e. The van der Waals surface area contributed by atoms with Gasteiger partial charge in [-0.2, -0.15) is 0 Å². The Labute approximate surface area is 142 Å². The normalized spacial score (nSPS) is 14.4. The molecule has 2 N–H and O–H groups in total. The van der Waals surface area contributed by atoms with Crippen molar-refractivity contribution in [2.75, 3.05) is 39.5 Å². The minimum Gasteiger partial charge on any atom is -0.356 e. The Hall–Kier alpha value is -1.69. The highest BCUT2D eigenvalue weighted by Gasteiger charge is 2.21. The summed E-state index contributed by atoms with van der Waals surface area (Å²) in [6.45, 7) is 1.93. The van der Waals surface area contributed by atoms with Crippen LogP contribution in [0, 0.1) is 5.92 Å². The van der Waals surface area contributed by atoms with E-state index < -0.39 is 0 Å². The molecule has 1 aromatic carbocycles. The summed E-state index contributed by atoms with van der Waals surface area (Å²) in [7, 11) is 3.50. The third-order valence-corrected chi connectivity index (χ3v) is 4.55. The average Bonchev–Trinajstić information content (AvgIpc) is 3.38. The number of aliphatic imine (C=N–C) groups is 1. The number of carbonyl (C=O) groups excluding carboxylic acids is 1. The van der Waals surface area contributed by atoms with E-state index >= 15 is 0 Å². The molecular weight excluding hydrogens is 308 g/mol. The van der Waals surface area contributed by atoms with Gasteiger partial charge in [0.2, 0.25) is 5.91 Å². The molecule has 2 rings (SSSR count). The molecule has 1 amide bonds. The van der Waals surface area contributed by atoms with E-state index in [9.17, 15) is 4.79 Å². The zero-order valence-corrected chi connectivity index (χ0v) is 14.7. The fourth-order valence-corrected chi connectivity index (χ4v) is 2.67. The van der Waals surface area contributed by atoms with E-state index in [0.29, 0.717) is 0 Å². The largest absolute Gasteiger partial charge is 0.356 e. The number of amides is 1. The zero-order chi connectivity index (χ0) is 16.5. The molecule has 23 heavy (non-hydrogen) atoms. The van der Waals surface area contributed by atoms with Crippen LogP contribution < -0.4 is 10.6 Å². The number of hydrogen-bond donors (Lipinski definition) is 2. The fraction of sp³-hybridized carbons (Fsp3) is 0.529. The van der Waals surface area contributed by atoms with Crippen molar-refractivity contribution in [3.63, 3.8) is 0 Å². The number of guanidine groups is 1. The summed E-state index contributed by atoms with van der Waals surface area (Å²) in [5.41, 5.74) is 0. The maximum atomic E-state index is 11.7. The summed E-state index contributed by atoms with van der Waals surface area (Å²) in [4.78, 5) is 18.9.